The molecule has 0 fully saturated rings. The van der Waals surface area contributed by atoms with Crippen LogP contribution in [0.3, 0.4) is 0 Å². The Bertz CT molecular complexity index is 791. The number of rotatable bonds is 9. The van der Waals surface area contributed by atoms with Crippen molar-refractivity contribution in [2.75, 3.05) is 6.54 Å². The van der Waals surface area contributed by atoms with E-state index >= 15 is 0 Å². The molecule has 0 aliphatic rings. The molecule has 0 aromatic heterocycles. The molecule has 0 amide bonds. The predicted octanol–water partition coefficient (Wildman–Crippen LogP) is 5.38. The van der Waals surface area contributed by atoms with Crippen LogP contribution in [-0.2, 0) is 11.2 Å². The van der Waals surface area contributed by atoms with Gasteiger partial charge in [-0.2, -0.15) is 0 Å². The normalized spacial score (nSPS) is 12.0. The molecule has 27 heavy (non-hydrogen) atoms. The predicted molar refractivity (Wildman–Crippen MR) is 131 cm³/mol. The van der Waals surface area contributed by atoms with Gasteiger partial charge in [-0.3, -0.25) is 4.79 Å². The van der Waals surface area contributed by atoms with Gasteiger partial charge in [-0.1, -0.05) is 13.3 Å². The number of hydrogen-bond acceptors (Lipinski definition) is 4. The van der Waals surface area contributed by atoms with Gasteiger partial charge in [0.1, 0.15) is 17.5 Å². The molecule has 8 heteroatoms. The second kappa shape index (κ2) is 11.0. The fourth-order valence-electron chi connectivity index (χ4n) is 2.43. The Morgan fingerprint density at radius 3 is 2.37 bits per heavy atom. The summed E-state index contributed by atoms with van der Waals surface area (Å²) in [5, 5.41) is 22.2. The fraction of sp³-hybridized carbons (Fsp3) is 0.316. The van der Waals surface area contributed by atoms with Gasteiger partial charge >= 0.3 is 5.97 Å². The van der Waals surface area contributed by atoms with Crippen LogP contribution in [0.25, 0.3) is 0 Å². The largest absolute Gasteiger partial charge is 0.507 e. The number of carboxylic acids is 1. The molecule has 0 spiro atoms. The van der Waals surface area contributed by atoms with Gasteiger partial charge < -0.3 is 20.3 Å². The molecule has 0 saturated heterocycles. The Labute approximate surface area is 199 Å². The SMILES string of the molecule is CCCCN[C@@H](Cc1cc(I)c(Oc2ccc(O)c(I)c2)c(I)c1)C(=O)O. The van der Waals surface area contributed by atoms with Crippen molar-refractivity contribution in [1.29, 1.82) is 0 Å². The minimum atomic E-state index is -0.838. The third kappa shape index (κ3) is 6.89. The Hall–Kier alpha value is -0.340. The van der Waals surface area contributed by atoms with Crippen LogP contribution in [0.5, 0.6) is 17.2 Å². The van der Waals surface area contributed by atoms with Crippen LogP contribution in [0.1, 0.15) is 25.3 Å². The van der Waals surface area contributed by atoms with E-state index < -0.39 is 12.0 Å². The van der Waals surface area contributed by atoms with Crippen LogP contribution in [0.4, 0.5) is 0 Å². The Balaban J connectivity index is 2.17. The van der Waals surface area contributed by atoms with Crippen molar-refractivity contribution >= 4 is 73.7 Å². The molecule has 0 aliphatic heterocycles. The molecule has 0 saturated carbocycles. The Kier molecular flexibility index (Phi) is 9.35. The zero-order chi connectivity index (χ0) is 20.0. The molecule has 0 heterocycles. The number of carbonyl (C=O) groups is 1. The summed E-state index contributed by atoms with van der Waals surface area (Å²) in [6.45, 7) is 2.78. The van der Waals surface area contributed by atoms with E-state index in [0.717, 1.165) is 31.3 Å². The number of phenolic OH excluding ortho intramolecular Hbond substituents is 1. The quantitative estimate of drug-likeness (QED) is 0.241. The van der Waals surface area contributed by atoms with Gasteiger partial charge in [0.05, 0.1) is 10.7 Å². The van der Waals surface area contributed by atoms with E-state index in [-0.39, 0.29) is 5.75 Å². The second-order valence-corrected chi connectivity index (χ2v) is 9.49. The average Bonchev–Trinajstić information content (AvgIpc) is 2.60. The zero-order valence-corrected chi connectivity index (χ0v) is 21.1. The minimum Gasteiger partial charge on any atom is -0.507 e. The van der Waals surface area contributed by atoms with Crippen molar-refractivity contribution < 1.29 is 19.7 Å². The first kappa shape index (κ1) is 22.9. The standard InChI is InChI=1S/C19H20I3NO4/c1-2-3-6-23-16(19(25)26)9-11-7-14(21)18(15(22)8-11)27-12-4-5-17(24)13(20)10-12/h4-5,7-8,10,16,23-24H,2-3,6,9H2,1H3,(H,25,26)/t16-/m0/s1. The van der Waals surface area contributed by atoms with Crippen LogP contribution in [0, 0.1) is 10.7 Å². The highest BCUT2D eigenvalue weighted by Crippen LogP contribution is 2.35. The topological polar surface area (TPSA) is 78.8 Å². The van der Waals surface area contributed by atoms with Gasteiger partial charge in [0.25, 0.3) is 0 Å². The number of halogens is 3. The molecule has 2 rings (SSSR count). The molecule has 3 N–H and O–H groups in total. The number of unbranched alkanes of at least 4 members (excludes halogenated alkanes) is 1. The minimum absolute atomic E-state index is 0.220. The first-order valence-corrected chi connectivity index (χ1v) is 11.7. The van der Waals surface area contributed by atoms with E-state index in [1.165, 1.54) is 0 Å². The molecule has 5 nitrogen and oxygen atoms in total. The number of ether oxygens (including phenoxy) is 1. The maximum Gasteiger partial charge on any atom is 0.321 e. The smallest absolute Gasteiger partial charge is 0.321 e. The number of nitrogens with one attached hydrogen (secondary N) is 1. The highest BCUT2D eigenvalue weighted by atomic mass is 127. The highest BCUT2D eigenvalue weighted by Gasteiger charge is 2.19. The highest BCUT2D eigenvalue weighted by molar-refractivity contribution is 14.1. The average molecular weight is 707 g/mol. The summed E-state index contributed by atoms with van der Waals surface area (Å²) in [6, 6.07) is 8.41. The molecule has 0 unspecified atom stereocenters. The molecule has 146 valence electrons. The van der Waals surface area contributed by atoms with E-state index in [4.69, 9.17) is 4.74 Å². The van der Waals surface area contributed by atoms with Crippen LogP contribution < -0.4 is 10.1 Å². The molecule has 1 atom stereocenters. The monoisotopic (exact) mass is 707 g/mol. The molecule has 2 aromatic rings. The summed E-state index contributed by atoms with van der Waals surface area (Å²) in [6.07, 6.45) is 2.40. The summed E-state index contributed by atoms with van der Waals surface area (Å²) < 4.78 is 8.54. The van der Waals surface area contributed by atoms with Crippen LogP contribution >= 0.6 is 67.8 Å². The van der Waals surface area contributed by atoms with Crippen LogP contribution in [0.15, 0.2) is 30.3 Å². The summed E-state index contributed by atoms with van der Waals surface area (Å²) in [5.74, 6) is 0.755. The third-order valence-electron chi connectivity index (χ3n) is 3.86. The first-order valence-electron chi connectivity index (χ1n) is 8.42. The number of phenols is 1. The van der Waals surface area contributed by atoms with Crippen molar-refractivity contribution in [3.8, 4) is 17.2 Å². The van der Waals surface area contributed by atoms with Crippen molar-refractivity contribution in [2.24, 2.45) is 0 Å². The number of hydrogen-bond donors (Lipinski definition) is 3. The van der Waals surface area contributed by atoms with Gasteiger partial charge in [0.15, 0.2) is 5.75 Å². The number of aliphatic carboxylic acids is 1. The number of carboxylic acid groups (broad SMARTS) is 1. The van der Waals surface area contributed by atoms with Crippen LogP contribution in [0.2, 0.25) is 0 Å². The van der Waals surface area contributed by atoms with Crippen LogP contribution in [-0.4, -0.2) is 28.8 Å². The zero-order valence-electron chi connectivity index (χ0n) is 14.6. The van der Waals surface area contributed by atoms with Gasteiger partial charge in [-0.15, -0.1) is 0 Å². The maximum absolute atomic E-state index is 11.5. The van der Waals surface area contributed by atoms with E-state index in [1.807, 2.05) is 12.1 Å². The van der Waals surface area contributed by atoms with E-state index in [1.54, 1.807) is 18.2 Å². The molecular weight excluding hydrogens is 687 g/mol. The third-order valence-corrected chi connectivity index (χ3v) is 6.32. The lowest BCUT2D eigenvalue weighted by atomic mass is 10.1. The summed E-state index contributed by atoms with van der Waals surface area (Å²) in [4.78, 5) is 11.5. The van der Waals surface area contributed by atoms with E-state index in [0.29, 0.717) is 22.3 Å². The Morgan fingerprint density at radius 2 is 1.81 bits per heavy atom. The summed E-state index contributed by atoms with van der Waals surface area (Å²) >= 11 is 6.46. The van der Waals surface area contributed by atoms with Crippen molar-refractivity contribution in [2.45, 2.75) is 32.2 Å². The van der Waals surface area contributed by atoms with Crippen molar-refractivity contribution in [1.82, 2.24) is 5.32 Å². The van der Waals surface area contributed by atoms with Gasteiger partial charge in [0.2, 0.25) is 0 Å². The lowest BCUT2D eigenvalue weighted by Gasteiger charge is -2.16. The van der Waals surface area contributed by atoms with E-state index in [9.17, 15) is 15.0 Å². The van der Waals surface area contributed by atoms with Gasteiger partial charge in [-0.05, 0) is 123 Å². The first-order chi connectivity index (χ1) is 12.8. The number of aromatic hydroxyl groups is 1. The molecular formula is C19H20I3NO4. The molecule has 0 aliphatic carbocycles. The maximum atomic E-state index is 11.5. The van der Waals surface area contributed by atoms with Crippen molar-refractivity contribution in [3.05, 3.63) is 46.6 Å². The second-order valence-electron chi connectivity index (χ2n) is 6.01. The lowest BCUT2D eigenvalue weighted by molar-refractivity contribution is -0.139. The van der Waals surface area contributed by atoms with Gasteiger partial charge in [0, 0.05) is 0 Å². The molecule has 2 aromatic carbocycles. The number of benzene rings is 2. The lowest BCUT2D eigenvalue weighted by Crippen LogP contribution is -2.39. The van der Waals surface area contributed by atoms with Crippen molar-refractivity contribution in [3.63, 3.8) is 0 Å². The molecule has 0 radical (unpaired) electrons. The van der Waals surface area contributed by atoms with E-state index in [2.05, 4.69) is 80.0 Å². The molecule has 0 bridgehead atoms. The summed E-state index contributed by atoms with van der Waals surface area (Å²) in [7, 11) is 0. The summed E-state index contributed by atoms with van der Waals surface area (Å²) in [5.41, 5.74) is 0.952. The fourth-order valence-corrected chi connectivity index (χ4v) is 5.04. The Morgan fingerprint density at radius 1 is 1.15 bits per heavy atom. The van der Waals surface area contributed by atoms with Gasteiger partial charge in [-0.25, -0.2) is 0 Å².